The van der Waals surface area contributed by atoms with E-state index >= 15 is 0 Å². The highest BCUT2D eigenvalue weighted by molar-refractivity contribution is 7.89. The van der Waals surface area contributed by atoms with Gasteiger partial charge in [0.15, 0.2) is 0 Å². The van der Waals surface area contributed by atoms with Gasteiger partial charge in [-0.15, -0.1) is 0 Å². The van der Waals surface area contributed by atoms with Crippen molar-refractivity contribution in [1.82, 2.24) is 14.5 Å². The topological polar surface area (TPSA) is 107 Å². The summed E-state index contributed by atoms with van der Waals surface area (Å²) in [5.41, 5.74) is 6.25. The van der Waals surface area contributed by atoms with Crippen LogP contribution >= 0.6 is 0 Å². The molecule has 8 heteroatoms. The van der Waals surface area contributed by atoms with Crippen molar-refractivity contribution in [1.29, 1.82) is 0 Å². The highest BCUT2D eigenvalue weighted by Crippen LogP contribution is 2.19. The van der Waals surface area contributed by atoms with E-state index in [0.29, 0.717) is 6.42 Å². The molecule has 0 aliphatic rings. The average molecular weight is 372 g/mol. The zero-order valence-electron chi connectivity index (χ0n) is 14.3. The fraction of sp³-hybridized carbons (Fsp3) is 0.222. The van der Waals surface area contributed by atoms with Crippen molar-refractivity contribution in [2.75, 3.05) is 6.54 Å². The lowest BCUT2D eigenvalue weighted by Gasteiger charge is -2.14. The van der Waals surface area contributed by atoms with Crippen LogP contribution in [0.2, 0.25) is 0 Å². The van der Waals surface area contributed by atoms with Crippen LogP contribution in [0.1, 0.15) is 5.56 Å². The van der Waals surface area contributed by atoms with Gasteiger partial charge in [-0.3, -0.25) is 9.48 Å². The van der Waals surface area contributed by atoms with E-state index in [4.69, 9.17) is 5.73 Å². The second-order valence-corrected chi connectivity index (χ2v) is 7.95. The molecule has 1 heterocycles. The first-order chi connectivity index (χ1) is 12.3. The van der Waals surface area contributed by atoms with Crippen molar-refractivity contribution in [3.8, 4) is 0 Å². The molecule has 0 aliphatic carbocycles. The third kappa shape index (κ3) is 4.09. The number of primary amides is 1. The first kappa shape index (κ1) is 18.1. The minimum absolute atomic E-state index is 0.0701. The average Bonchev–Trinajstić information content (AvgIpc) is 3.03. The molecule has 0 fully saturated rings. The second-order valence-electron chi connectivity index (χ2n) is 6.19. The van der Waals surface area contributed by atoms with Gasteiger partial charge in [0.2, 0.25) is 15.9 Å². The summed E-state index contributed by atoms with van der Waals surface area (Å²) in [5, 5.41) is 5.83. The predicted molar refractivity (Wildman–Crippen MR) is 98.7 cm³/mol. The largest absolute Gasteiger partial charge is 0.369 e. The van der Waals surface area contributed by atoms with E-state index in [9.17, 15) is 13.2 Å². The van der Waals surface area contributed by atoms with Gasteiger partial charge in [-0.2, -0.15) is 5.10 Å². The smallest absolute Gasteiger partial charge is 0.240 e. The lowest BCUT2D eigenvalue weighted by molar-refractivity contribution is -0.121. The molecule has 0 saturated carbocycles. The minimum atomic E-state index is -3.75. The first-order valence-electron chi connectivity index (χ1n) is 8.10. The maximum atomic E-state index is 12.6. The Bertz CT molecular complexity index is 1040. The Labute approximate surface area is 151 Å². The number of sulfonamides is 1. The van der Waals surface area contributed by atoms with Crippen LogP contribution in [0.25, 0.3) is 10.8 Å². The van der Waals surface area contributed by atoms with E-state index in [1.165, 1.54) is 0 Å². The Morgan fingerprint density at radius 2 is 1.96 bits per heavy atom. The fourth-order valence-electron chi connectivity index (χ4n) is 2.76. The number of rotatable bonds is 7. The number of benzene rings is 2. The first-order valence-corrected chi connectivity index (χ1v) is 9.59. The Kier molecular flexibility index (Phi) is 5.06. The predicted octanol–water partition coefficient (Wildman–Crippen LogP) is 1.20. The summed E-state index contributed by atoms with van der Waals surface area (Å²) in [6, 6.07) is 12.4. The molecule has 0 bridgehead atoms. The molecule has 3 rings (SSSR count). The van der Waals surface area contributed by atoms with E-state index in [2.05, 4.69) is 9.82 Å². The van der Waals surface area contributed by atoms with Gasteiger partial charge in [0.1, 0.15) is 0 Å². The third-order valence-electron chi connectivity index (χ3n) is 4.19. The zero-order chi connectivity index (χ0) is 18.7. The zero-order valence-corrected chi connectivity index (χ0v) is 15.1. The monoisotopic (exact) mass is 372 g/mol. The van der Waals surface area contributed by atoms with Crippen LogP contribution in [0.15, 0.2) is 59.8 Å². The van der Waals surface area contributed by atoms with E-state index in [0.717, 1.165) is 16.3 Å². The van der Waals surface area contributed by atoms with Crippen LogP contribution in [-0.4, -0.2) is 30.7 Å². The lowest BCUT2D eigenvalue weighted by Crippen LogP contribution is -2.37. The summed E-state index contributed by atoms with van der Waals surface area (Å²) in [7, 11) is -1.98. The third-order valence-corrected chi connectivity index (χ3v) is 5.62. The molecule has 1 aromatic heterocycles. The number of carbonyl (C=O) groups excluding carboxylic acids is 1. The summed E-state index contributed by atoms with van der Waals surface area (Å²) in [5.74, 6) is -1.22. The summed E-state index contributed by atoms with van der Waals surface area (Å²) in [4.78, 5) is 11.9. The van der Waals surface area contributed by atoms with Crippen molar-refractivity contribution in [2.45, 2.75) is 11.3 Å². The molecule has 7 nitrogen and oxygen atoms in total. The van der Waals surface area contributed by atoms with Crippen LogP contribution in [0.3, 0.4) is 0 Å². The highest BCUT2D eigenvalue weighted by atomic mass is 32.2. The SMILES string of the molecule is Cn1cc(CC(CNS(=O)(=O)c2ccc3ccccc3c2)C(N)=O)cn1. The van der Waals surface area contributed by atoms with Crippen LogP contribution in [-0.2, 0) is 28.3 Å². The van der Waals surface area contributed by atoms with E-state index in [1.54, 1.807) is 42.3 Å². The molecule has 26 heavy (non-hydrogen) atoms. The molecule has 1 atom stereocenters. The molecular weight excluding hydrogens is 352 g/mol. The van der Waals surface area contributed by atoms with Gasteiger partial charge < -0.3 is 5.73 Å². The highest BCUT2D eigenvalue weighted by Gasteiger charge is 2.21. The molecule has 0 radical (unpaired) electrons. The molecule has 136 valence electrons. The Balaban J connectivity index is 1.75. The van der Waals surface area contributed by atoms with Crippen LogP contribution in [0.4, 0.5) is 0 Å². The minimum Gasteiger partial charge on any atom is -0.369 e. The van der Waals surface area contributed by atoms with Crippen molar-refractivity contribution >= 4 is 26.7 Å². The van der Waals surface area contributed by atoms with Crippen molar-refractivity contribution in [3.63, 3.8) is 0 Å². The molecule has 0 spiro atoms. The number of nitrogens with one attached hydrogen (secondary N) is 1. The molecule has 3 N–H and O–H groups in total. The number of hydrogen-bond acceptors (Lipinski definition) is 4. The number of amides is 1. The van der Waals surface area contributed by atoms with Gasteiger partial charge in [0, 0.05) is 19.8 Å². The molecule has 2 aromatic carbocycles. The van der Waals surface area contributed by atoms with Gasteiger partial charge in [-0.1, -0.05) is 30.3 Å². The van der Waals surface area contributed by atoms with E-state index in [-0.39, 0.29) is 11.4 Å². The summed E-state index contributed by atoms with van der Waals surface area (Å²) in [6.45, 7) is -0.0701. The number of carbonyl (C=O) groups is 1. The van der Waals surface area contributed by atoms with E-state index < -0.39 is 21.8 Å². The normalized spacial score (nSPS) is 13.0. The maximum Gasteiger partial charge on any atom is 0.240 e. The lowest BCUT2D eigenvalue weighted by atomic mass is 10.0. The number of aromatic nitrogens is 2. The molecule has 1 unspecified atom stereocenters. The number of nitrogens with zero attached hydrogens (tertiary/aromatic N) is 2. The number of nitrogens with two attached hydrogens (primary N) is 1. The Morgan fingerprint density at radius 3 is 2.62 bits per heavy atom. The van der Waals surface area contributed by atoms with E-state index in [1.807, 2.05) is 24.3 Å². The Morgan fingerprint density at radius 1 is 1.23 bits per heavy atom. The molecule has 1 amide bonds. The molecule has 0 saturated heterocycles. The quantitative estimate of drug-likeness (QED) is 0.650. The van der Waals surface area contributed by atoms with Crippen molar-refractivity contribution < 1.29 is 13.2 Å². The number of fused-ring (bicyclic) bond motifs is 1. The number of hydrogen-bond donors (Lipinski definition) is 2. The van der Waals surface area contributed by atoms with Crippen molar-refractivity contribution in [3.05, 3.63) is 60.4 Å². The molecule has 0 aliphatic heterocycles. The summed E-state index contributed by atoms with van der Waals surface area (Å²) in [6.07, 6.45) is 3.73. The molecular formula is C18H20N4O3S. The Hall–Kier alpha value is -2.71. The standard InChI is InChI=1S/C18H20N4O3S/c1-22-12-13(10-20-22)8-16(18(19)23)11-21-26(24,25)17-7-6-14-4-2-3-5-15(14)9-17/h2-7,9-10,12,16,21H,8,11H2,1H3,(H2,19,23). The second kappa shape index (κ2) is 7.27. The molecule has 3 aromatic rings. The maximum absolute atomic E-state index is 12.6. The van der Waals surface area contributed by atoms with Crippen molar-refractivity contribution in [2.24, 2.45) is 18.7 Å². The fourth-order valence-corrected chi connectivity index (χ4v) is 3.88. The van der Waals surface area contributed by atoms with Crippen LogP contribution in [0.5, 0.6) is 0 Å². The van der Waals surface area contributed by atoms with Crippen LogP contribution < -0.4 is 10.5 Å². The summed E-state index contributed by atoms with van der Waals surface area (Å²) < 4.78 is 29.3. The van der Waals surface area contributed by atoms with Gasteiger partial charge in [0.25, 0.3) is 0 Å². The summed E-state index contributed by atoms with van der Waals surface area (Å²) >= 11 is 0. The van der Waals surface area contributed by atoms with Gasteiger partial charge in [0.05, 0.1) is 17.0 Å². The van der Waals surface area contributed by atoms with Gasteiger partial charge in [-0.05, 0) is 34.9 Å². The van der Waals surface area contributed by atoms with Crippen LogP contribution in [0, 0.1) is 5.92 Å². The van der Waals surface area contributed by atoms with Gasteiger partial charge in [-0.25, -0.2) is 13.1 Å². The number of aryl methyl sites for hydroxylation is 1. The van der Waals surface area contributed by atoms with Gasteiger partial charge >= 0.3 is 0 Å².